The Morgan fingerprint density at radius 3 is 2.00 bits per heavy atom. The van der Waals surface area contributed by atoms with Crippen molar-refractivity contribution in [1.29, 1.82) is 5.26 Å². The summed E-state index contributed by atoms with van der Waals surface area (Å²) in [7, 11) is 0. The maximum absolute atomic E-state index is 9.56. The van der Waals surface area contributed by atoms with Crippen molar-refractivity contribution in [3.8, 4) is 6.07 Å². The molecule has 0 fully saturated rings. The fourth-order valence-electron chi connectivity index (χ4n) is 2.84. The quantitative estimate of drug-likeness (QED) is 0.596. The molecule has 0 saturated carbocycles. The molecule has 24 heavy (non-hydrogen) atoms. The van der Waals surface area contributed by atoms with Gasteiger partial charge in [-0.1, -0.05) is 5.16 Å². The molecule has 5 heteroatoms. The van der Waals surface area contributed by atoms with E-state index in [1.165, 1.54) is 16.7 Å². The van der Waals surface area contributed by atoms with Crippen molar-refractivity contribution >= 4 is 17.0 Å². The lowest BCUT2D eigenvalue weighted by Crippen LogP contribution is -2.09. The van der Waals surface area contributed by atoms with E-state index in [0.717, 1.165) is 32.3 Å². The van der Waals surface area contributed by atoms with E-state index in [9.17, 15) is 5.26 Å². The van der Waals surface area contributed by atoms with Crippen LogP contribution in [0.25, 0.3) is 0 Å². The Labute approximate surface area is 147 Å². The largest absolute Gasteiger partial charge is 0.388 e. The Morgan fingerprint density at radius 1 is 1.00 bits per heavy atom. The summed E-state index contributed by atoms with van der Waals surface area (Å²) in [6.07, 6.45) is 0. The monoisotopic (exact) mass is 341 g/mol. The number of rotatable bonds is 4. The first-order valence-electron chi connectivity index (χ1n) is 7.88. The molecule has 0 aliphatic rings. The summed E-state index contributed by atoms with van der Waals surface area (Å²) in [6, 6.07) is 2.19. The summed E-state index contributed by atoms with van der Waals surface area (Å²) in [5.41, 5.74) is 7.90. The van der Waals surface area contributed by atoms with Crippen molar-refractivity contribution in [2.75, 3.05) is 0 Å². The van der Waals surface area contributed by atoms with Crippen LogP contribution in [0.3, 0.4) is 0 Å². The molecule has 0 atom stereocenters. The number of hydrogen-bond acceptors (Lipinski definition) is 5. The zero-order valence-corrected chi connectivity index (χ0v) is 16.2. The molecular weight excluding hydrogens is 318 g/mol. The maximum Gasteiger partial charge on any atom is 0.187 e. The van der Waals surface area contributed by atoms with E-state index >= 15 is 0 Å². The third-order valence-electron chi connectivity index (χ3n) is 4.70. The minimum absolute atomic E-state index is 0.281. The molecule has 0 amide bonds. The fourth-order valence-corrected chi connectivity index (χ4v) is 3.66. The van der Waals surface area contributed by atoms with E-state index in [2.05, 4.69) is 37.0 Å². The summed E-state index contributed by atoms with van der Waals surface area (Å²) in [5.74, 6) is 0. The number of hydrogen-bond donors (Lipinski definition) is 0. The van der Waals surface area contributed by atoms with Crippen LogP contribution in [0.5, 0.6) is 0 Å². The molecule has 0 aliphatic carbocycles. The third kappa shape index (κ3) is 3.34. The summed E-state index contributed by atoms with van der Waals surface area (Å²) in [5, 5.41) is 14.7. The molecule has 0 bridgehead atoms. The van der Waals surface area contributed by atoms with Crippen molar-refractivity contribution in [2.24, 2.45) is 5.16 Å². The van der Waals surface area contributed by atoms with Crippen LogP contribution < -0.4 is 0 Å². The Morgan fingerprint density at radius 2 is 1.54 bits per heavy atom. The predicted octanol–water partition coefficient (Wildman–Crippen LogP) is 4.75. The van der Waals surface area contributed by atoms with Gasteiger partial charge in [-0.05, 0) is 76.3 Å². The van der Waals surface area contributed by atoms with Gasteiger partial charge in [0.2, 0.25) is 0 Å². The number of aromatic nitrogens is 1. The molecule has 1 heterocycles. The molecule has 0 spiro atoms. The van der Waals surface area contributed by atoms with Crippen LogP contribution in [-0.2, 0) is 11.4 Å². The Hall–Kier alpha value is -2.19. The molecule has 0 radical (unpaired) electrons. The molecule has 0 saturated heterocycles. The van der Waals surface area contributed by atoms with Gasteiger partial charge in [0.15, 0.2) is 12.3 Å². The molecule has 2 aromatic rings. The van der Waals surface area contributed by atoms with Crippen LogP contribution in [0.2, 0.25) is 0 Å². The van der Waals surface area contributed by atoms with Gasteiger partial charge in [-0.15, -0.1) is 11.3 Å². The first-order chi connectivity index (χ1) is 11.3. The second-order valence-corrected chi connectivity index (χ2v) is 7.47. The average molecular weight is 341 g/mol. The van der Waals surface area contributed by atoms with Crippen molar-refractivity contribution in [3.63, 3.8) is 0 Å². The van der Waals surface area contributed by atoms with Crippen LogP contribution in [0.1, 0.15) is 49.0 Å². The highest BCUT2D eigenvalue weighted by Crippen LogP contribution is 2.26. The normalized spacial score (nSPS) is 11.5. The van der Waals surface area contributed by atoms with E-state index in [1.807, 2.05) is 27.7 Å². The van der Waals surface area contributed by atoms with E-state index in [4.69, 9.17) is 4.84 Å². The molecule has 0 aliphatic heterocycles. The lowest BCUT2D eigenvalue weighted by molar-refractivity contribution is 0.128. The summed E-state index contributed by atoms with van der Waals surface area (Å²) < 4.78 is 0. The van der Waals surface area contributed by atoms with Crippen LogP contribution in [0, 0.1) is 59.8 Å². The Balaban J connectivity index is 2.36. The lowest BCUT2D eigenvalue weighted by atomic mass is 9.88. The van der Waals surface area contributed by atoms with E-state index < -0.39 is 0 Å². The van der Waals surface area contributed by atoms with Gasteiger partial charge in [-0.25, -0.2) is 4.98 Å². The molecule has 0 unspecified atom stereocenters. The zero-order chi connectivity index (χ0) is 18.0. The van der Waals surface area contributed by atoms with Crippen LogP contribution in [0.4, 0.5) is 0 Å². The number of aryl methyl sites for hydroxylation is 2. The van der Waals surface area contributed by atoms with Crippen molar-refractivity contribution in [3.05, 3.63) is 49.0 Å². The second-order valence-electron chi connectivity index (χ2n) is 6.06. The van der Waals surface area contributed by atoms with Gasteiger partial charge < -0.3 is 4.84 Å². The number of thiazole rings is 1. The zero-order valence-electron chi connectivity index (χ0n) is 15.4. The molecule has 1 aromatic heterocycles. The smallest absolute Gasteiger partial charge is 0.187 e. The fraction of sp³-hybridized carbons (Fsp3) is 0.421. The highest BCUT2D eigenvalue weighted by atomic mass is 32.1. The van der Waals surface area contributed by atoms with Gasteiger partial charge in [-0.2, -0.15) is 5.26 Å². The van der Waals surface area contributed by atoms with Gasteiger partial charge in [0.05, 0.1) is 10.7 Å². The van der Waals surface area contributed by atoms with E-state index in [1.54, 1.807) is 11.3 Å². The van der Waals surface area contributed by atoms with Crippen LogP contribution >= 0.6 is 11.3 Å². The van der Waals surface area contributed by atoms with Gasteiger partial charge in [0.25, 0.3) is 0 Å². The maximum atomic E-state index is 9.56. The van der Waals surface area contributed by atoms with Gasteiger partial charge in [0, 0.05) is 10.4 Å². The summed E-state index contributed by atoms with van der Waals surface area (Å²) in [4.78, 5) is 11.0. The third-order valence-corrected chi connectivity index (χ3v) is 5.63. The molecule has 1 aromatic carbocycles. The van der Waals surface area contributed by atoms with Crippen LogP contribution in [-0.4, -0.2) is 10.7 Å². The number of benzene rings is 1. The number of nitriles is 1. The van der Waals surface area contributed by atoms with Crippen molar-refractivity contribution in [1.82, 2.24) is 4.98 Å². The summed E-state index contributed by atoms with van der Waals surface area (Å²) >= 11 is 1.64. The first-order valence-corrected chi connectivity index (χ1v) is 8.69. The molecule has 4 nitrogen and oxygen atoms in total. The highest BCUT2D eigenvalue weighted by Gasteiger charge is 2.17. The minimum Gasteiger partial charge on any atom is -0.388 e. The van der Waals surface area contributed by atoms with Crippen LogP contribution in [0.15, 0.2) is 5.16 Å². The minimum atomic E-state index is 0.281. The Bertz CT molecular complexity index is 827. The Kier molecular flexibility index (Phi) is 5.40. The average Bonchev–Trinajstić information content (AvgIpc) is 2.87. The second kappa shape index (κ2) is 7.14. The predicted molar refractivity (Wildman–Crippen MR) is 98.7 cm³/mol. The number of nitrogens with zero attached hydrogens (tertiary/aromatic N) is 3. The van der Waals surface area contributed by atoms with Gasteiger partial charge in [-0.3, -0.25) is 0 Å². The molecule has 0 N–H and O–H groups in total. The van der Waals surface area contributed by atoms with E-state index in [0.29, 0.717) is 5.71 Å². The first kappa shape index (κ1) is 18.2. The molecule has 126 valence electrons. The highest BCUT2D eigenvalue weighted by molar-refractivity contribution is 7.11. The molecule has 2 rings (SSSR count). The topological polar surface area (TPSA) is 58.3 Å². The van der Waals surface area contributed by atoms with E-state index in [-0.39, 0.29) is 6.61 Å². The van der Waals surface area contributed by atoms with Gasteiger partial charge >= 0.3 is 0 Å². The summed E-state index contributed by atoms with van der Waals surface area (Å²) in [6.45, 7) is 14.6. The van der Waals surface area contributed by atoms with Crippen molar-refractivity contribution < 1.29 is 4.84 Å². The SMILES string of the molecule is Cc1nc(CON=C(C#N)c2c(C)c(C)c(C)c(C)c2C)c(C)s1. The standard InChI is InChI=1S/C19H23N3OS/c1-10-11(2)13(4)19(14(5)12(10)3)17(8-20)22-23-9-18-15(6)24-16(7)21-18/h9H2,1-7H3. The molecular formula is C19H23N3OS. The van der Waals surface area contributed by atoms with Crippen molar-refractivity contribution in [2.45, 2.75) is 55.1 Å². The lowest BCUT2D eigenvalue weighted by Gasteiger charge is -2.17. The van der Waals surface area contributed by atoms with Gasteiger partial charge in [0.1, 0.15) is 6.07 Å². The number of oxime groups is 1.